The smallest absolute Gasteiger partial charge is 0.269 e. The summed E-state index contributed by atoms with van der Waals surface area (Å²) in [5.41, 5.74) is 4.09. The van der Waals surface area contributed by atoms with E-state index < -0.39 is 23.8 Å². The van der Waals surface area contributed by atoms with Crippen molar-refractivity contribution in [1.82, 2.24) is 10.4 Å². The number of ether oxygens (including phenoxy) is 1. The minimum absolute atomic E-state index is 0.0624. The van der Waals surface area contributed by atoms with E-state index in [0.717, 1.165) is 0 Å². The highest BCUT2D eigenvalue weighted by Gasteiger charge is 2.45. The Kier molecular flexibility index (Phi) is 7.28. The van der Waals surface area contributed by atoms with Gasteiger partial charge in [-0.05, 0) is 72.9 Å². The molecule has 0 bridgehead atoms. The number of carbonyl (C=O) groups is 3. The summed E-state index contributed by atoms with van der Waals surface area (Å²) < 4.78 is 5.13. The molecule has 1 heterocycles. The van der Waals surface area contributed by atoms with Crippen LogP contribution in [0.1, 0.15) is 16.8 Å². The summed E-state index contributed by atoms with van der Waals surface area (Å²) in [7, 11) is 1.53. The van der Waals surface area contributed by atoms with Gasteiger partial charge < -0.3 is 10.1 Å². The van der Waals surface area contributed by atoms with E-state index in [9.17, 15) is 14.4 Å². The van der Waals surface area contributed by atoms with Gasteiger partial charge in [-0.15, -0.1) is 0 Å². The number of nitrogens with zero attached hydrogens (tertiary/aromatic N) is 2. The first-order valence-corrected chi connectivity index (χ1v) is 11.4. The fraction of sp³-hybridized carbons (Fsp3) is 0.120. The number of amides is 3. The van der Waals surface area contributed by atoms with E-state index in [1.54, 1.807) is 72.8 Å². The molecule has 0 aliphatic carbocycles. The molecule has 178 valence electrons. The van der Waals surface area contributed by atoms with E-state index in [1.165, 1.54) is 17.0 Å². The minimum Gasteiger partial charge on any atom is -0.497 e. The maximum atomic E-state index is 13.4. The van der Waals surface area contributed by atoms with Crippen LogP contribution in [0, 0.1) is 0 Å². The van der Waals surface area contributed by atoms with Crippen LogP contribution in [0.5, 0.6) is 5.75 Å². The van der Waals surface area contributed by atoms with Crippen LogP contribution < -0.4 is 20.4 Å². The first-order chi connectivity index (χ1) is 16.9. The molecule has 2 N–H and O–H groups in total. The molecule has 1 aliphatic heterocycles. The monoisotopic (exact) mass is 508 g/mol. The predicted molar refractivity (Wildman–Crippen MR) is 137 cm³/mol. The SMILES string of the molecule is COc1ccc(C(=O)NN2C(=S)N(c3ccccc3)C(=O)C2CC(=O)Nc2ccc(Cl)cc2)cc1. The third-order valence-corrected chi connectivity index (χ3v) is 5.94. The van der Waals surface area contributed by atoms with Crippen molar-refractivity contribution in [2.75, 3.05) is 17.3 Å². The number of rotatable bonds is 7. The molecule has 0 spiro atoms. The van der Waals surface area contributed by atoms with E-state index in [2.05, 4.69) is 10.7 Å². The molecule has 35 heavy (non-hydrogen) atoms. The van der Waals surface area contributed by atoms with Crippen molar-refractivity contribution in [2.24, 2.45) is 0 Å². The molecule has 1 aliphatic rings. The molecular weight excluding hydrogens is 488 g/mol. The highest BCUT2D eigenvalue weighted by molar-refractivity contribution is 7.80. The largest absolute Gasteiger partial charge is 0.497 e. The molecule has 10 heteroatoms. The highest BCUT2D eigenvalue weighted by Crippen LogP contribution is 2.26. The lowest BCUT2D eigenvalue weighted by Crippen LogP contribution is -2.49. The average molecular weight is 509 g/mol. The van der Waals surface area contributed by atoms with Crippen molar-refractivity contribution >= 4 is 58.0 Å². The van der Waals surface area contributed by atoms with Crippen LogP contribution >= 0.6 is 23.8 Å². The number of anilines is 2. The highest BCUT2D eigenvalue weighted by atomic mass is 35.5. The van der Waals surface area contributed by atoms with E-state index in [-0.39, 0.29) is 11.5 Å². The summed E-state index contributed by atoms with van der Waals surface area (Å²) in [6.07, 6.45) is -0.242. The Hall–Kier alpha value is -3.95. The number of para-hydroxylation sites is 1. The first kappa shape index (κ1) is 24.2. The molecule has 1 unspecified atom stereocenters. The minimum atomic E-state index is -1.04. The fourth-order valence-electron chi connectivity index (χ4n) is 3.55. The average Bonchev–Trinajstić information content (AvgIpc) is 3.09. The van der Waals surface area contributed by atoms with Gasteiger partial charge in [0.05, 0.1) is 19.2 Å². The van der Waals surface area contributed by atoms with Crippen LogP contribution in [0.4, 0.5) is 11.4 Å². The molecule has 1 atom stereocenters. The van der Waals surface area contributed by atoms with Gasteiger partial charge in [0, 0.05) is 16.3 Å². The third-order valence-electron chi connectivity index (χ3n) is 5.31. The zero-order valence-electron chi connectivity index (χ0n) is 18.6. The normalized spacial score (nSPS) is 15.2. The molecule has 0 saturated carbocycles. The summed E-state index contributed by atoms with van der Waals surface area (Å²) in [5, 5.41) is 4.60. The molecule has 1 fully saturated rings. The Labute approximate surface area is 212 Å². The lowest BCUT2D eigenvalue weighted by atomic mass is 10.1. The summed E-state index contributed by atoms with van der Waals surface area (Å²) in [6.45, 7) is 0. The molecule has 0 radical (unpaired) electrons. The fourth-order valence-corrected chi connectivity index (χ4v) is 4.05. The number of benzene rings is 3. The second-order valence-electron chi connectivity index (χ2n) is 7.61. The number of hydrogen-bond acceptors (Lipinski definition) is 5. The quantitative estimate of drug-likeness (QED) is 0.468. The van der Waals surface area contributed by atoms with Crippen molar-refractivity contribution in [3.05, 3.63) is 89.4 Å². The van der Waals surface area contributed by atoms with Gasteiger partial charge in [0.1, 0.15) is 11.8 Å². The number of methoxy groups -OCH3 is 1. The van der Waals surface area contributed by atoms with E-state index in [1.807, 2.05) is 6.07 Å². The Bertz CT molecular complexity index is 1250. The Balaban J connectivity index is 1.57. The van der Waals surface area contributed by atoms with E-state index >= 15 is 0 Å². The molecule has 3 aromatic carbocycles. The second-order valence-corrected chi connectivity index (χ2v) is 8.41. The maximum absolute atomic E-state index is 13.4. The van der Waals surface area contributed by atoms with Crippen LogP contribution in [-0.4, -0.2) is 41.0 Å². The zero-order chi connectivity index (χ0) is 24.9. The zero-order valence-corrected chi connectivity index (χ0v) is 20.2. The van der Waals surface area contributed by atoms with Crippen LogP contribution in [0.15, 0.2) is 78.9 Å². The number of halogens is 1. The number of thiocarbonyl (C=S) groups is 1. The predicted octanol–water partition coefficient (Wildman–Crippen LogP) is 4.02. The van der Waals surface area contributed by atoms with Crippen molar-refractivity contribution in [3.63, 3.8) is 0 Å². The molecule has 4 rings (SSSR count). The topological polar surface area (TPSA) is 91.0 Å². The van der Waals surface area contributed by atoms with Crippen LogP contribution in [-0.2, 0) is 9.59 Å². The number of nitrogens with one attached hydrogen (secondary N) is 2. The summed E-state index contributed by atoms with van der Waals surface area (Å²) in [5.74, 6) is -0.740. The van der Waals surface area contributed by atoms with Crippen molar-refractivity contribution in [3.8, 4) is 5.75 Å². The molecule has 1 saturated heterocycles. The third kappa shape index (κ3) is 5.42. The van der Waals surface area contributed by atoms with Gasteiger partial charge in [-0.2, -0.15) is 0 Å². The van der Waals surface area contributed by atoms with Gasteiger partial charge >= 0.3 is 0 Å². The summed E-state index contributed by atoms with van der Waals surface area (Å²) in [6, 6.07) is 20.8. The lowest BCUT2D eigenvalue weighted by molar-refractivity contribution is -0.124. The van der Waals surface area contributed by atoms with E-state index in [4.69, 9.17) is 28.6 Å². The number of hydrazine groups is 1. The van der Waals surface area contributed by atoms with Crippen molar-refractivity contribution in [1.29, 1.82) is 0 Å². The van der Waals surface area contributed by atoms with Gasteiger partial charge in [0.15, 0.2) is 0 Å². The molecule has 3 aromatic rings. The maximum Gasteiger partial charge on any atom is 0.269 e. The lowest BCUT2D eigenvalue weighted by Gasteiger charge is -2.24. The Morgan fingerprint density at radius 3 is 2.29 bits per heavy atom. The van der Waals surface area contributed by atoms with Crippen LogP contribution in [0.2, 0.25) is 5.02 Å². The first-order valence-electron chi connectivity index (χ1n) is 10.6. The standard InChI is InChI=1S/C25H21ClN4O4S/c1-34-20-13-7-16(8-14-20)23(32)28-30-21(15-22(31)27-18-11-9-17(26)10-12-18)24(33)29(25(30)35)19-5-3-2-4-6-19/h2-14,21H,15H2,1H3,(H,27,31)(H,28,32). The van der Waals surface area contributed by atoms with Gasteiger partial charge in [0.25, 0.3) is 11.8 Å². The number of carbonyl (C=O) groups excluding carboxylic acids is 3. The summed E-state index contributed by atoms with van der Waals surface area (Å²) in [4.78, 5) is 40.5. The van der Waals surface area contributed by atoms with Gasteiger partial charge in [0.2, 0.25) is 11.0 Å². The molecule has 8 nitrogen and oxygen atoms in total. The van der Waals surface area contributed by atoms with Gasteiger partial charge in [-0.1, -0.05) is 29.8 Å². The van der Waals surface area contributed by atoms with Crippen LogP contribution in [0.25, 0.3) is 0 Å². The van der Waals surface area contributed by atoms with Crippen molar-refractivity contribution in [2.45, 2.75) is 12.5 Å². The second kappa shape index (κ2) is 10.5. The van der Waals surface area contributed by atoms with Gasteiger partial charge in [-0.3, -0.25) is 24.7 Å². The Morgan fingerprint density at radius 1 is 1.00 bits per heavy atom. The molecule has 0 aromatic heterocycles. The Morgan fingerprint density at radius 2 is 1.66 bits per heavy atom. The van der Waals surface area contributed by atoms with E-state index in [0.29, 0.717) is 27.7 Å². The van der Waals surface area contributed by atoms with Crippen molar-refractivity contribution < 1.29 is 19.1 Å². The number of hydrogen-bond donors (Lipinski definition) is 2. The molecule has 3 amide bonds. The van der Waals surface area contributed by atoms with Crippen LogP contribution in [0.3, 0.4) is 0 Å². The molecular formula is C25H21ClN4O4S. The van der Waals surface area contributed by atoms with Gasteiger partial charge in [-0.25, -0.2) is 5.01 Å². The summed E-state index contributed by atoms with van der Waals surface area (Å²) >= 11 is 11.5.